The number of alkyl halides is 3. The highest BCUT2D eigenvalue weighted by Crippen LogP contribution is 2.34. The molecule has 1 aliphatic rings. The average Bonchev–Trinajstić information content (AvgIpc) is 3.26. The van der Waals surface area contributed by atoms with E-state index >= 15 is 0 Å². The Morgan fingerprint density at radius 2 is 1.69 bits per heavy atom. The van der Waals surface area contributed by atoms with E-state index in [1.54, 1.807) is 26.0 Å². The zero-order chi connectivity index (χ0) is 26.1. The molecule has 0 bridgehead atoms. The van der Waals surface area contributed by atoms with Crippen LogP contribution in [-0.4, -0.2) is 70.2 Å². The van der Waals surface area contributed by atoms with Crippen LogP contribution < -0.4 is 0 Å². The van der Waals surface area contributed by atoms with Crippen LogP contribution in [0.4, 0.5) is 17.6 Å². The highest BCUT2D eigenvalue weighted by atomic mass is 19.3. The maximum absolute atomic E-state index is 13.9. The first-order valence-electron chi connectivity index (χ1n) is 12.0. The molecule has 0 radical (unpaired) electrons. The van der Waals surface area contributed by atoms with Gasteiger partial charge in [-0.05, 0) is 57.0 Å². The Kier molecular flexibility index (Phi) is 7.65. The number of carbonyl (C=O) groups excluding carboxylic acids is 1. The van der Waals surface area contributed by atoms with Crippen LogP contribution in [0.25, 0.3) is 16.6 Å². The number of halogens is 4. The number of carbonyl (C=O) groups is 1. The minimum Gasteiger partial charge on any atom is -0.459 e. The zero-order valence-electron chi connectivity index (χ0n) is 20.7. The molecule has 1 aliphatic heterocycles. The SMILES string of the molecule is Cc1c(C(=O)OC(C)C)cc2c(-c3ccnc(F)c3)ccn2c1C(C)N1CCN(C(F)C(F)F)CC1. The summed E-state index contributed by atoms with van der Waals surface area (Å²) in [6, 6.07) is 6.41. The van der Waals surface area contributed by atoms with Crippen LogP contribution >= 0.6 is 0 Å². The average molecular weight is 507 g/mol. The van der Waals surface area contributed by atoms with E-state index in [2.05, 4.69) is 9.88 Å². The fraction of sp³-hybridized carbons (Fsp3) is 0.462. The Bertz CT molecular complexity index is 1240. The van der Waals surface area contributed by atoms with Gasteiger partial charge in [0.1, 0.15) is 0 Å². The number of esters is 1. The number of pyridine rings is 2. The largest absolute Gasteiger partial charge is 0.459 e. The standard InChI is InChI=1S/C26H30F4N4O2/c1-15(2)36-26(35)20-14-21-19(18-5-7-31-22(27)13-18)6-8-34(21)23(16(20)3)17(4)32-9-11-33(12-10-32)25(30)24(28)29/h5-8,13-15,17,24-25H,9-12H2,1-4H3. The second-order valence-electron chi connectivity index (χ2n) is 9.33. The molecule has 0 N–H and O–H groups in total. The zero-order valence-corrected chi connectivity index (χ0v) is 20.7. The minimum absolute atomic E-state index is 0.167. The fourth-order valence-corrected chi connectivity index (χ4v) is 4.89. The number of ether oxygens (including phenoxy) is 1. The predicted octanol–water partition coefficient (Wildman–Crippen LogP) is 5.25. The first-order valence-corrected chi connectivity index (χ1v) is 12.0. The molecule has 3 aromatic rings. The second kappa shape index (κ2) is 10.6. The van der Waals surface area contributed by atoms with Crippen molar-refractivity contribution in [2.45, 2.75) is 52.6 Å². The quantitative estimate of drug-likeness (QED) is 0.190. The van der Waals surface area contributed by atoms with Crippen LogP contribution in [0.1, 0.15) is 48.4 Å². The lowest BCUT2D eigenvalue weighted by Gasteiger charge is -2.39. The van der Waals surface area contributed by atoms with E-state index in [9.17, 15) is 22.4 Å². The van der Waals surface area contributed by atoms with Gasteiger partial charge in [-0.3, -0.25) is 9.80 Å². The van der Waals surface area contributed by atoms with Gasteiger partial charge in [0.15, 0.2) is 0 Å². The maximum Gasteiger partial charge on any atom is 0.338 e. The molecule has 1 fully saturated rings. The summed E-state index contributed by atoms with van der Waals surface area (Å²) in [5, 5.41) is 0. The summed E-state index contributed by atoms with van der Waals surface area (Å²) in [5.41, 5.74) is 3.98. The Balaban J connectivity index is 1.77. The van der Waals surface area contributed by atoms with E-state index in [-0.39, 0.29) is 25.2 Å². The van der Waals surface area contributed by atoms with Crippen LogP contribution in [0.5, 0.6) is 0 Å². The summed E-state index contributed by atoms with van der Waals surface area (Å²) in [7, 11) is 0. The van der Waals surface area contributed by atoms with E-state index in [1.807, 2.05) is 30.5 Å². The van der Waals surface area contributed by atoms with E-state index in [0.29, 0.717) is 29.7 Å². The second-order valence-corrected chi connectivity index (χ2v) is 9.33. The Morgan fingerprint density at radius 3 is 2.31 bits per heavy atom. The molecule has 36 heavy (non-hydrogen) atoms. The van der Waals surface area contributed by atoms with Gasteiger partial charge < -0.3 is 9.14 Å². The van der Waals surface area contributed by atoms with E-state index in [1.165, 1.54) is 12.3 Å². The topological polar surface area (TPSA) is 50.1 Å². The van der Waals surface area contributed by atoms with Crippen molar-refractivity contribution in [3.8, 4) is 11.1 Å². The van der Waals surface area contributed by atoms with Crippen molar-refractivity contribution >= 4 is 11.5 Å². The minimum atomic E-state index is -3.05. The number of hydrogen-bond acceptors (Lipinski definition) is 5. The lowest BCUT2D eigenvalue weighted by Crippen LogP contribution is -2.51. The van der Waals surface area contributed by atoms with Gasteiger partial charge in [-0.2, -0.15) is 4.39 Å². The maximum atomic E-state index is 13.9. The fourth-order valence-electron chi connectivity index (χ4n) is 4.89. The van der Waals surface area contributed by atoms with E-state index in [0.717, 1.165) is 21.7 Å². The van der Waals surface area contributed by atoms with Crippen LogP contribution in [0.3, 0.4) is 0 Å². The lowest BCUT2D eigenvalue weighted by atomic mass is 9.99. The number of aromatic nitrogens is 2. The van der Waals surface area contributed by atoms with Crippen LogP contribution in [0, 0.1) is 12.9 Å². The third-order valence-electron chi connectivity index (χ3n) is 6.70. The van der Waals surface area contributed by atoms with E-state index in [4.69, 9.17) is 4.74 Å². The predicted molar refractivity (Wildman–Crippen MR) is 128 cm³/mol. The molecule has 0 amide bonds. The number of hydrogen-bond donors (Lipinski definition) is 0. The first-order chi connectivity index (χ1) is 17.1. The highest BCUT2D eigenvalue weighted by molar-refractivity contribution is 5.95. The molecular formula is C26H30F4N4O2. The Labute approximate surface area is 207 Å². The van der Waals surface area contributed by atoms with Crippen molar-refractivity contribution in [3.05, 3.63) is 59.4 Å². The number of piperazine rings is 1. The van der Waals surface area contributed by atoms with Crippen molar-refractivity contribution in [1.29, 1.82) is 0 Å². The third kappa shape index (κ3) is 5.10. The van der Waals surface area contributed by atoms with Gasteiger partial charge in [0.25, 0.3) is 6.43 Å². The summed E-state index contributed by atoms with van der Waals surface area (Å²) < 4.78 is 60.9. The Hall–Kier alpha value is -2.98. The molecule has 6 nitrogen and oxygen atoms in total. The molecule has 10 heteroatoms. The molecule has 0 aliphatic carbocycles. The van der Waals surface area contributed by atoms with Gasteiger partial charge in [-0.1, -0.05) is 0 Å². The van der Waals surface area contributed by atoms with Crippen LogP contribution in [0.2, 0.25) is 0 Å². The molecule has 4 rings (SSSR count). The molecule has 1 saturated heterocycles. The van der Waals surface area contributed by atoms with Gasteiger partial charge in [-0.25, -0.2) is 22.9 Å². The van der Waals surface area contributed by atoms with Crippen molar-refractivity contribution in [2.75, 3.05) is 26.2 Å². The van der Waals surface area contributed by atoms with Crippen molar-refractivity contribution in [2.24, 2.45) is 0 Å². The summed E-state index contributed by atoms with van der Waals surface area (Å²) in [6.45, 7) is 8.48. The van der Waals surface area contributed by atoms with Gasteiger partial charge in [0, 0.05) is 61.9 Å². The summed E-state index contributed by atoms with van der Waals surface area (Å²) >= 11 is 0. The summed E-state index contributed by atoms with van der Waals surface area (Å²) in [6.07, 6.45) is -2.39. The van der Waals surface area contributed by atoms with Gasteiger partial charge >= 0.3 is 5.97 Å². The molecular weight excluding hydrogens is 476 g/mol. The number of fused-ring (bicyclic) bond motifs is 1. The molecule has 3 aromatic heterocycles. The molecule has 194 valence electrons. The van der Waals surface area contributed by atoms with Crippen molar-refractivity contribution in [3.63, 3.8) is 0 Å². The van der Waals surface area contributed by atoms with Crippen LogP contribution in [-0.2, 0) is 4.74 Å². The Morgan fingerprint density at radius 1 is 1.03 bits per heavy atom. The van der Waals surface area contributed by atoms with Crippen LogP contribution in [0.15, 0.2) is 36.7 Å². The smallest absolute Gasteiger partial charge is 0.338 e. The monoisotopic (exact) mass is 506 g/mol. The van der Waals surface area contributed by atoms with E-state index < -0.39 is 24.6 Å². The van der Waals surface area contributed by atoms with Gasteiger partial charge in [0.2, 0.25) is 12.2 Å². The normalized spacial score (nSPS) is 17.2. The number of rotatable bonds is 7. The third-order valence-corrected chi connectivity index (χ3v) is 6.70. The molecule has 2 unspecified atom stereocenters. The number of nitrogens with zero attached hydrogens (tertiary/aromatic N) is 4. The van der Waals surface area contributed by atoms with Gasteiger partial charge in [0.05, 0.1) is 17.2 Å². The van der Waals surface area contributed by atoms with Gasteiger partial charge in [-0.15, -0.1) is 0 Å². The summed E-state index contributed by atoms with van der Waals surface area (Å²) in [5.74, 6) is -1.08. The van der Waals surface area contributed by atoms with Crippen molar-refractivity contribution < 1.29 is 27.1 Å². The first kappa shape index (κ1) is 26.1. The summed E-state index contributed by atoms with van der Waals surface area (Å²) in [4.78, 5) is 19.9. The molecule has 4 heterocycles. The molecule has 2 atom stereocenters. The lowest BCUT2D eigenvalue weighted by molar-refractivity contribution is -0.0688. The molecule has 0 aromatic carbocycles. The van der Waals surface area contributed by atoms with Crippen molar-refractivity contribution in [1.82, 2.24) is 19.2 Å². The molecule has 0 spiro atoms. The highest BCUT2D eigenvalue weighted by Gasteiger charge is 2.33. The molecule has 0 saturated carbocycles.